The molecule has 7 heteroatoms. The fourth-order valence-electron chi connectivity index (χ4n) is 3.87. The SMILES string of the molecule is C[C@@H]1Cc2ccccc2N1C(=O)c1cccn(Cc2cccc(C(F)(F)F)c2)c1=O. The first-order valence-electron chi connectivity index (χ1n) is 9.53. The molecule has 1 aliphatic heterocycles. The summed E-state index contributed by atoms with van der Waals surface area (Å²) in [5.74, 6) is -0.407. The Hall–Kier alpha value is -3.35. The molecule has 0 aliphatic carbocycles. The maximum atomic E-state index is 13.2. The van der Waals surface area contributed by atoms with Gasteiger partial charge in [-0.15, -0.1) is 0 Å². The Morgan fingerprint density at radius 1 is 1.07 bits per heavy atom. The molecule has 2 aromatic carbocycles. The van der Waals surface area contributed by atoms with Gasteiger partial charge < -0.3 is 9.47 Å². The third-order valence-electron chi connectivity index (χ3n) is 5.28. The zero-order chi connectivity index (χ0) is 21.5. The number of pyridine rings is 1. The number of para-hydroxylation sites is 1. The number of halogens is 3. The highest BCUT2D eigenvalue weighted by molar-refractivity contribution is 6.07. The molecule has 2 heterocycles. The van der Waals surface area contributed by atoms with Crippen molar-refractivity contribution in [3.05, 3.63) is 99.5 Å². The standard InChI is InChI=1S/C23H19F3N2O2/c1-15-12-17-7-2-3-10-20(17)28(15)22(30)19-9-5-11-27(21(19)29)14-16-6-4-8-18(13-16)23(24,25)26/h2-11,13,15H,12,14H2,1H3/t15-/m1/s1. The average Bonchev–Trinajstić information content (AvgIpc) is 3.04. The van der Waals surface area contributed by atoms with Crippen LogP contribution in [-0.4, -0.2) is 16.5 Å². The van der Waals surface area contributed by atoms with Gasteiger partial charge in [0.15, 0.2) is 0 Å². The van der Waals surface area contributed by atoms with Crippen LogP contribution in [0.1, 0.15) is 34.0 Å². The van der Waals surface area contributed by atoms with E-state index in [0.29, 0.717) is 12.0 Å². The molecule has 1 aromatic heterocycles. The van der Waals surface area contributed by atoms with E-state index in [2.05, 4.69) is 0 Å². The molecule has 0 saturated heterocycles. The van der Waals surface area contributed by atoms with E-state index in [9.17, 15) is 22.8 Å². The van der Waals surface area contributed by atoms with Gasteiger partial charge >= 0.3 is 6.18 Å². The topological polar surface area (TPSA) is 42.3 Å². The lowest BCUT2D eigenvalue weighted by molar-refractivity contribution is -0.137. The number of aromatic nitrogens is 1. The minimum absolute atomic E-state index is 0.00645. The van der Waals surface area contributed by atoms with E-state index in [1.54, 1.807) is 11.0 Å². The normalized spacial score (nSPS) is 15.9. The molecule has 0 N–H and O–H groups in total. The fraction of sp³-hybridized carbons (Fsp3) is 0.217. The number of carbonyl (C=O) groups excluding carboxylic acids is 1. The largest absolute Gasteiger partial charge is 0.416 e. The highest BCUT2D eigenvalue weighted by Crippen LogP contribution is 2.33. The smallest absolute Gasteiger partial charge is 0.310 e. The molecule has 154 valence electrons. The molecule has 0 fully saturated rings. The van der Waals surface area contributed by atoms with Crippen LogP contribution in [-0.2, 0) is 19.1 Å². The van der Waals surface area contributed by atoms with E-state index in [0.717, 1.165) is 23.4 Å². The van der Waals surface area contributed by atoms with Crippen LogP contribution in [0, 0.1) is 0 Å². The van der Waals surface area contributed by atoms with E-state index < -0.39 is 23.2 Å². The molecule has 4 rings (SSSR count). The van der Waals surface area contributed by atoms with Gasteiger partial charge in [0.25, 0.3) is 11.5 Å². The van der Waals surface area contributed by atoms with Crippen molar-refractivity contribution in [2.75, 3.05) is 4.90 Å². The Labute approximate surface area is 171 Å². The Bertz CT molecular complexity index is 1170. The maximum Gasteiger partial charge on any atom is 0.416 e. The van der Waals surface area contributed by atoms with E-state index in [4.69, 9.17) is 0 Å². The number of alkyl halides is 3. The second kappa shape index (κ2) is 7.48. The van der Waals surface area contributed by atoms with Crippen LogP contribution in [0.3, 0.4) is 0 Å². The summed E-state index contributed by atoms with van der Waals surface area (Å²) in [6.45, 7) is 1.86. The van der Waals surface area contributed by atoms with Crippen molar-refractivity contribution >= 4 is 11.6 Å². The predicted octanol–water partition coefficient (Wildman–Crippen LogP) is 4.51. The molecular weight excluding hydrogens is 393 g/mol. The number of nitrogens with zero attached hydrogens (tertiary/aromatic N) is 2. The van der Waals surface area contributed by atoms with Crippen molar-refractivity contribution in [2.45, 2.75) is 32.1 Å². The quantitative estimate of drug-likeness (QED) is 0.635. The second-order valence-corrected chi connectivity index (χ2v) is 7.41. The van der Waals surface area contributed by atoms with Gasteiger partial charge in [-0.25, -0.2) is 0 Å². The van der Waals surface area contributed by atoms with Gasteiger partial charge in [-0.3, -0.25) is 9.59 Å². The maximum absolute atomic E-state index is 13.2. The van der Waals surface area contributed by atoms with E-state index in [-0.39, 0.29) is 18.2 Å². The first-order chi connectivity index (χ1) is 14.3. The van der Waals surface area contributed by atoms with Crippen LogP contribution in [0.25, 0.3) is 0 Å². The summed E-state index contributed by atoms with van der Waals surface area (Å²) >= 11 is 0. The van der Waals surface area contributed by atoms with E-state index in [1.807, 2.05) is 31.2 Å². The third-order valence-corrected chi connectivity index (χ3v) is 5.28. The highest BCUT2D eigenvalue weighted by Gasteiger charge is 2.33. The van der Waals surface area contributed by atoms with Crippen molar-refractivity contribution < 1.29 is 18.0 Å². The fourth-order valence-corrected chi connectivity index (χ4v) is 3.87. The summed E-state index contributed by atoms with van der Waals surface area (Å²) in [5.41, 5.74) is 0.838. The monoisotopic (exact) mass is 412 g/mol. The first-order valence-corrected chi connectivity index (χ1v) is 9.53. The average molecular weight is 412 g/mol. The Balaban J connectivity index is 1.66. The number of carbonyl (C=O) groups is 1. The van der Waals surface area contributed by atoms with Gasteiger partial charge in [0.05, 0.1) is 12.1 Å². The van der Waals surface area contributed by atoms with Crippen molar-refractivity contribution in [3.8, 4) is 0 Å². The number of amides is 1. The van der Waals surface area contributed by atoms with Gasteiger partial charge in [0.1, 0.15) is 5.56 Å². The Morgan fingerprint density at radius 3 is 2.60 bits per heavy atom. The van der Waals surface area contributed by atoms with Crippen molar-refractivity contribution in [3.63, 3.8) is 0 Å². The van der Waals surface area contributed by atoms with Crippen LogP contribution in [0.4, 0.5) is 18.9 Å². The van der Waals surface area contributed by atoms with Gasteiger partial charge in [0, 0.05) is 17.9 Å². The van der Waals surface area contributed by atoms with Crippen LogP contribution in [0.15, 0.2) is 71.7 Å². The summed E-state index contributed by atoms with van der Waals surface area (Å²) in [6.07, 6.45) is -2.29. The lowest BCUT2D eigenvalue weighted by Gasteiger charge is -2.22. The summed E-state index contributed by atoms with van der Waals surface area (Å²) in [5, 5.41) is 0. The number of anilines is 1. The van der Waals surface area contributed by atoms with Crippen molar-refractivity contribution in [1.29, 1.82) is 0 Å². The molecule has 0 unspecified atom stereocenters. The highest BCUT2D eigenvalue weighted by atomic mass is 19.4. The number of hydrogen-bond donors (Lipinski definition) is 0. The molecule has 1 atom stereocenters. The van der Waals surface area contributed by atoms with Crippen molar-refractivity contribution in [1.82, 2.24) is 4.57 Å². The number of rotatable bonds is 3. The van der Waals surface area contributed by atoms with Crippen LogP contribution in [0.5, 0.6) is 0 Å². The lowest BCUT2D eigenvalue weighted by Crippen LogP contribution is -2.39. The lowest BCUT2D eigenvalue weighted by atomic mass is 10.1. The van der Waals surface area contributed by atoms with Gasteiger partial charge in [-0.1, -0.05) is 30.3 Å². The van der Waals surface area contributed by atoms with Gasteiger partial charge in [-0.05, 0) is 54.8 Å². The van der Waals surface area contributed by atoms with Crippen LogP contribution < -0.4 is 10.5 Å². The minimum atomic E-state index is -4.46. The Morgan fingerprint density at radius 2 is 1.83 bits per heavy atom. The van der Waals surface area contributed by atoms with Gasteiger partial charge in [-0.2, -0.15) is 13.2 Å². The second-order valence-electron chi connectivity index (χ2n) is 7.41. The summed E-state index contributed by atoms with van der Waals surface area (Å²) in [4.78, 5) is 27.8. The molecule has 4 nitrogen and oxygen atoms in total. The predicted molar refractivity (Wildman–Crippen MR) is 108 cm³/mol. The van der Waals surface area contributed by atoms with Crippen LogP contribution >= 0.6 is 0 Å². The van der Waals surface area contributed by atoms with Crippen molar-refractivity contribution in [2.24, 2.45) is 0 Å². The number of hydrogen-bond acceptors (Lipinski definition) is 2. The molecular formula is C23H19F3N2O2. The van der Waals surface area contributed by atoms with E-state index in [1.165, 1.54) is 29.0 Å². The molecule has 1 amide bonds. The van der Waals surface area contributed by atoms with E-state index >= 15 is 0 Å². The first kappa shape index (κ1) is 19.9. The molecule has 0 radical (unpaired) electrons. The third kappa shape index (κ3) is 3.63. The molecule has 0 spiro atoms. The Kier molecular flexibility index (Phi) is 4.97. The summed E-state index contributed by atoms with van der Waals surface area (Å²) in [6, 6.07) is 15.3. The zero-order valence-electron chi connectivity index (χ0n) is 16.2. The number of benzene rings is 2. The summed E-state index contributed by atoms with van der Waals surface area (Å²) < 4.78 is 40.2. The summed E-state index contributed by atoms with van der Waals surface area (Å²) in [7, 11) is 0. The van der Waals surface area contributed by atoms with Crippen LogP contribution in [0.2, 0.25) is 0 Å². The minimum Gasteiger partial charge on any atom is -0.310 e. The molecule has 3 aromatic rings. The zero-order valence-corrected chi connectivity index (χ0v) is 16.2. The molecule has 1 aliphatic rings. The molecule has 30 heavy (non-hydrogen) atoms. The molecule has 0 bridgehead atoms. The number of fused-ring (bicyclic) bond motifs is 1. The molecule has 0 saturated carbocycles. The van der Waals surface area contributed by atoms with Gasteiger partial charge in [0.2, 0.25) is 0 Å².